The highest BCUT2D eigenvalue weighted by Gasteiger charge is 2.27. The van der Waals surface area contributed by atoms with Crippen molar-refractivity contribution in [2.75, 3.05) is 25.1 Å². The molecule has 2 aromatic carbocycles. The number of likely N-dealkylation sites (N-methyl/N-ethyl adjacent to an activating group) is 1. The van der Waals surface area contributed by atoms with Gasteiger partial charge in [0.2, 0.25) is 5.91 Å². The Balaban J connectivity index is 1.35. The van der Waals surface area contributed by atoms with Crippen LogP contribution >= 0.6 is 0 Å². The molecule has 1 aliphatic rings. The quantitative estimate of drug-likeness (QED) is 0.633. The molecule has 2 heterocycles. The Hall–Kier alpha value is -3.38. The third-order valence-corrected chi connectivity index (χ3v) is 5.06. The minimum absolute atomic E-state index is 0.0645. The van der Waals surface area contributed by atoms with Crippen LogP contribution in [0.1, 0.15) is 12.5 Å². The molecule has 30 heavy (non-hydrogen) atoms. The van der Waals surface area contributed by atoms with Crippen molar-refractivity contribution in [1.82, 2.24) is 9.88 Å². The van der Waals surface area contributed by atoms with E-state index in [1.165, 1.54) is 0 Å². The van der Waals surface area contributed by atoms with Gasteiger partial charge in [0.25, 0.3) is 0 Å². The maximum atomic E-state index is 12.0. The fraction of sp³-hybridized carbons (Fsp3) is 0.250. The number of nitrogens with zero attached hydrogens (tertiary/aromatic N) is 2. The molecule has 0 saturated carbocycles. The van der Waals surface area contributed by atoms with Crippen molar-refractivity contribution in [3.63, 3.8) is 0 Å². The maximum absolute atomic E-state index is 12.0. The minimum Gasteiger partial charge on any atom is -0.457 e. The first kappa shape index (κ1) is 19.9. The maximum Gasteiger partial charge on any atom is 0.248 e. The molecule has 4 rings (SSSR count). The first-order valence-corrected chi connectivity index (χ1v) is 10.1. The van der Waals surface area contributed by atoms with Crippen molar-refractivity contribution in [3.8, 4) is 11.5 Å². The summed E-state index contributed by atoms with van der Waals surface area (Å²) in [6, 6.07) is 21.6. The van der Waals surface area contributed by atoms with Gasteiger partial charge in [-0.25, -0.2) is 4.98 Å². The fourth-order valence-electron chi connectivity index (χ4n) is 3.56. The highest BCUT2D eigenvalue weighted by Crippen LogP contribution is 2.25. The first-order chi connectivity index (χ1) is 14.7. The molecule has 1 aliphatic heterocycles. The Labute approximate surface area is 176 Å². The lowest BCUT2D eigenvalue weighted by Gasteiger charge is -2.34. The molecule has 6 heteroatoms. The van der Waals surface area contributed by atoms with Gasteiger partial charge in [0.1, 0.15) is 23.9 Å². The van der Waals surface area contributed by atoms with Gasteiger partial charge in [-0.05, 0) is 67.4 Å². The van der Waals surface area contributed by atoms with Gasteiger partial charge in [-0.3, -0.25) is 4.79 Å². The molecule has 6 nitrogen and oxygen atoms in total. The van der Waals surface area contributed by atoms with Gasteiger partial charge in [-0.2, -0.15) is 0 Å². The second-order valence-corrected chi connectivity index (χ2v) is 7.16. The summed E-state index contributed by atoms with van der Waals surface area (Å²) in [7, 11) is 0. The number of hydrogen-bond donors (Lipinski definition) is 1. The minimum atomic E-state index is 0.0645. The molecule has 1 unspecified atom stereocenters. The van der Waals surface area contributed by atoms with E-state index in [9.17, 15) is 4.79 Å². The standard InChI is InChI=1S/C24H25N3O3/c1-2-27-20(16-29-17-24(27)28)15-18-6-10-21(11-7-18)30-22-12-8-19(9-13-22)26-23-5-3-4-14-25-23/h3-14,20H,2,15-17H2,1H3,(H,25,26). The number of carbonyl (C=O) groups excluding carboxylic acids is 1. The predicted molar refractivity (Wildman–Crippen MR) is 116 cm³/mol. The Kier molecular flexibility index (Phi) is 6.25. The number of carbonyl (C=O) groups is 1. The van der Waals surface area contributed by atoms with Crippen LogP contribution in [-0.4, -0.2) is 41.6 Å². The van der Waals surface area contributed by atoms with Gasteiger partial charge in [0, 0.05) is 18.4 Å². The summed E-state index contributed by atoms with van der Waals surface area (Å²) in [5.41, 5.74) is 2.10. The Morgan fingerprint density at radius 3 is 2.47 bits per heavy atom. The molecule has 0 bridgehead atoms. The van der Waals surface area contributed by atoms with Gasteiger partial charge in [0.05, 0.1) is 12.6 Å². The topological polar surface area (TPSA) is 63.7 Å². The van der Waals surface area contributed by atoms with Crippen LogP contribution in [-0.2, 0) is 16.0 Å². The number of rotatable bonds is 7. The molecule has 154 valence electrons. The summed E-state index contributed by atoms with van der Waals surface area (Å²) in [6.45, 7) is 3.48. The Morgan fingerprint density at radius 2 is 1.80 bits per heavy atom. The van der Waals surface area contributed by atoms with Crippen molar-refractivity contribution in [1.29, 1.82) is 0 Å². The lowest BCUT2D eigenvalue weighted by Crippen LogP contribution is -2.50. The number of nitrogens with one attached hydrogen (secondary N) is 1. The number of pyridine rings is 1. The summed E-state index contributed by atoms with van der Waals surface area (Å²) in [5, 5.41) is 3.25. The lowest BCUT2D eigenvalue weighted by molar-refractivity contribution is -0.147. The fourth-order valence-corrected chi connectivity index (χ4v) is 3.56. The van der Waals surface area contributed by atoms with Crippen LogP contribution in [0.3, 0.4) is 0 Å². The zero-order valence-corrected chi connectivity index (χ0v) is 17.0. The number of aromatic nitrogens is 1. The summed E-state index contributed by atoms with van der Waals surface area (Å²) in [6.07, 6.45) is 2.52. The molecular weight excluding hydrogens is 378 g/mol. The van der Waals surface area contributed by atoms with Crippen molar-refractivity contribution in [2.45, 2.75) is 19.4 Å². The number of morpholine rings is 1. The van der Waals surface area contributed by atoms with E-state index in [4.69, 9.17) is 9.47 Å². The van der Waals surface area contributed by atoms with E-state index < -0.39 is 0 Å². The van der Waals surface area contributed by atoms with Gasteiger partial charge < -0.3 is 19.7 Å². The summed E-state index contributed by atoms with van der Waals surface area (Å²) < 4.78 is 11.4. The molecule has 0 radical (unpaired) electrons. The van der Waals surface area contributed by atoms with E-state index in [1.807, 2.05) is 78.6 Å². The smallest absolute Gasteiger partial charge is 0.248 e. The van der Waals surface area contributed by atoms with E-state index >= 15 is 0 Å². The van der Waals surface area contributed by atoms with Gasteiger partial charge in [-0.15, -0.1) is 0 Å². The third-order valence-electron chi connectivity index (χ3n) is 5.06. The van der Waals surface area contributed by atoms with Crippen molar-refractivity contribution in [3.05, 3.63) is 78.5 Å². The van der Waals surface area contributed by atoms with Crippen molar-refractivity contribution in [2.24, 2.45) is 0 Å². The zero-order valence-electron chi connectivity index (χ0n) is 17.0. The normalized spacial score (nSPS) is 16.4. The second kappa shape index (κ2) is 9.41. The average Bonchev–Trinajstić information content (AvgIpc) is 2.77. The number of ether oxygens (including phenoxy) is 2. The number of hydrogen-bond acceptors (Lipinski definition) is 5. The van der Waals surface area contributed by atoms with E-state index in [0.29, 0.717) is 13.2 Å². The van der Waals surface area contributed by atoms with Crippen LogP contribution in [0.25, 0.3) is 0 Å². The van der Waals surface area contributed by atoms with Crippen LogP contribution in [0, 0.1) is 0 Å². The Morgan fingerprint density at radius 1 is 1.07 bits per heavy atom. The van der Waals surface area contributed by atoms with Crippen LogP contribution in [0.5, 0.6) is 11.5 Å². The average molecular weight is 403 g/mol. The first-order valence-electron chi connectivity index (χ1n) is 10.1. The number of benzene rings is 2. The summed E-state index contributed by atoms with van der Waals surface area (Å²) >= 11 is 0. The van der Waals surface area contributed by atoms with E-state index in [-0.39, 0.29) is 18.6 Å². The summed E-state index contributed by atoms with van der Waals surface area (Å²) in [4.78, 5) is 18.1. The number of anilines is 2. The number of amides is 1. The zero-order chi connectivity index (χ0) is 20.8. The Bertz CT molecular complexity index is 959. The predicted octanol–water partition coefficient (Wildman–Crippen LogP) is 4.41. The van der Waals surface area contributed by atoms with E-state index in [2.05, 4.69) is 10.3 Å². The largest absolute Gasteiger partial charge is 0.457 e. The third kappa shape index (κ3) is 4.96. The lowest BCUT2D eigenvalue weighted by atomic mass is 10.0. The molecule has 1 fully saturated rings. The van der Waals surface area contributed by atoms with Gasteiger partial charge in [-0.1, -0.05) is 18.2 Å². The molecule has 1 N–H and O–H groups in total. The molecule has 0 aliphatic carbocycles. The van der Waals surface area contributed by atoms with Crippen LogP contribution in [0.2, 0.25) is 0 Å². The van der Waals surface area contributed by atoms with E-state index in [0.717, 1.165) is 35.0 Å². The monoisotopic (exact) mass is 403 g/mol. The van der Waals surface area contributed by atoms with Gasteiger partial charge >= 0.3 is 0 Å². The summed E-state index contributed by atoms with van der Waals surface area (Å²) in [5.74, 6) is 2.40. The van der Waals surface area contributed by atoms with E-state index in [1.54, 1.807) is 6.20 Å². The molecule has 1 atom stereocenters. The highest BCUT2D eigenvalue weighted by atomic mass is 16.5. The molecule has 3 aromatic rings. The van der Waals surface area contributed by atoms with Crippen LogP contribution < -0.4 is 10.1 Å². The highest BCUT2D eigenvalue weighted by molar-refractivity contribution is 5.78. The van der Waals surface area contributed by atoms with Crippen LogP contribution in [0.15, 0.2) is 72.9 Å². The van der Waals surface area contributed by atoms with Gasteiger partial charge in [0.15, 0.2) is 0 Å². The van der Waals surface area contributed by atoms with Crippen molar-refractivity contribution < 1.29 is 14.3 Å². The molecule has 0 spiro atoms. The second-order valence-electron chi connectivity index (χ2n) is 7.16. The molecule has 1 aromatic heterocycles. The molecule has 1 saturated heterocycles. The van der Waals surface area contributed by atoms with Crippen molar-refractivity contribution >= 4 is 17.4 Å². The van der Waals surface area contributed by atoms with Crippen LogP contribution in [0.4, 0.5) is 11.5 Å². The molecular formula is C24H25N3O3. The SMILES string of the molecule is CCN1C(=O)COCC1Cc1ccc(Oc2ccc(Nc3ccccn3)cc2)cc1. The molecule has 1 amide bonds.